The Morgan fingerprint density at radius 1 is 0.848 bits per heavy atom. The molecule has 0 N–H and O–H groups in total. The van der Waals surface area contributed by atoms with E-state index in [1.54, 1.807) is 9.80 Å². The maximum atomic E-state index is 13.5. The second kappa shape index (κ2) is 10.9. The van der Waals surface area contributed by atoms with E-state index in [9.17, 15) is 18.8 Å². The SMILES string of the molecule is CC(=O)N1CCN(C(=O)[C@@H]2CN(Cc3ccccc3)C[C@H]2C(=O)c2ccc(F)cc2)CC1.Cl. The van der Waals surface area contributed by atoms with Gasteiger partial charge in [0.1, 0.15) is 5.82 Å². The predicted octanol–water partition coefficient (Wildman–Crippen LogP) is 2.87. The highest BCUT2D eigenvalue weighted by atomic mass is 35.5. The van der Waals surface area contributed by atoms with E-state index in [-0.39, 0.29) is 30.0 Å². The van der Waals surface area contributed by atoms with Crippen LogP contribution in [-0.2, 0) is 16.1 Å². The third-order valence-corrected chi connectivity index (χ3v) is 6.46. The molecule has 0 bridgehead atoms. The van der Waals surface area contributed by atoms with E-state index in [0.29, 0.717) is 51.4 Å². The summed E-state index contributed by atoms with van der Waals surface area (Å²) in [5.74, 6) is -1.49. The number of amides is 2. The number of carbonyl (C=O) groups excluding carboxylic acids is 3. The van der Waals surface area contributed by atoms with Crippen LogP contribution in [0.15, 0.2) is 54.6 Å². The number of benzene rings is 2. The molecule has 2 fully saturated rings. The molecule has 0 saturated carbocycles. The molecule has 33 heavy (non-hydrogen) atoms. The third kappa shape index (κ3) is 5.78. The fourth-order valence-electron chi connectivity index (χ4n) is 4.68. The first kappa shape index (κ1) is 24.9. The molecular formula is C25H29ClFN3O3. The molecule has 2 amide bonds. The quantitative estimate of drug-likeness (QED) is 0.626. The van der Waals surface area contributed by atoms with Crippen LogP contribution in [0.1, 0.15) is 22.8 Å². The molecule has 176 valence electrons. The lowest BCUT2D eigenvalue weighted by atomic mass is 9.87. The van der Waals surface area contributed by atoms with Gasteiger partial charge in [-0.25, -0.2) is 4.39 Å². The summed E-state index contributed by atoms with van der Waals surface area (Å²) in [5, 5.41) is 0. The molecule has 2 saturated heterocycles. The first-order chi connectivity index (χ1) is 15.4. The Kier molecular flexibility index (Phi) is 8.21. The first-order valence-corrected chi connectivity index (χ1v) is 11.0. The van der Waals surface area contributed by atoms with Gasteiger partial charge in [-0.15, -0.1) is 12.4 Å². The fraction of sp³-hybridized carbons (Fsp3) is 0.400. The van der Waals surface area contributed by atoms with Crippen molar-refractivity contribution in [2.75, 3.05) is 39.3 Å². The monoisotopic (exact) mass is 473 g/mol. The van der Waals surface area contributed by atoms with Gasteiger partial charge in [0.2, 0.25) is 11.8 Å². The Hall–Kier alpha value is -2.77. The van der Waals surface area contributed by atoms with Gasteiger partial charge in [0.25, 0.3) is 0 Å². The lowest BCUT2D eigenvalue weighted by Crippen LogP contribution is -2.52. The van der Waals surface area contributed by atoms with Crippen molar-refractivity contribution in [3.63, 3.8) is 0 Å². The van der Waals surface area contributed by atoms with Gasteiger partial charge in [0.15, 0.2) is 5.78 Å². The number of piperazine rings is 1. The first-order valence-electron chi connectivity index (χ1n) is 11.0. The van der Waals surface area contributed by atoms with Crippen molar-refractivity contribution in [3.8, 4) is 0 Å². The van der Waals surface area contributed by atoms with E-state index in [0.717, 1.165) is 5.56 Å². The highest BCUT2D eigenvalue weighted by molar-refractivity contribution is 6.01. The second-order valence-electron chi connectivity index (χ2n) is 8.60. The molecule has 2 aromatic carbocycles. The number of Topliss-reactive ketones (excluding diaryl/α,β-unsaturated/α-hetero) is 1. The molecule has 2 heterocycles. The Morgan fingerprint density at radius 3 is 2.03 bits per heavy atom. The molecule has 2 aliphatic heterocycles. The molecule has 6 nitrogen and oxygen atoms in total. The zero-order valence-electron chi connectivity index (χ0n) is 18.7. The second-order valence-corrected chi connectivity index (χ2v) is 8.60. The molecule has 4 rings (SSSR count). The number of nitrogens with zero attached hydrogens (tertiary/aromatic N) is 3. The van der Waals surface area contributed by atoms with Gasteiger partial charge in [-0.3, -0.25) is 19.3 Å². The van der Waals surface area contributed by atoms with E-state index in [2.05, 4.69) is 4.90 Å². The van der Waals surface area contributed by atoms with Crippen LogP contribution in [0.25, 0.3) is 0 Å². The van der Waals surface area contributed by atoms with Crippen molar-refractivity contribution in [2.45, 2.75) is 13.5 Å². The summed E-state index contributed by atoms with van der Waals surface area (Å²) in [7, 11) is 0. The lowest BCUT2D eigenvalue weighted by Gasteiger charge is -2.36. The van der Waals surface area contributed by atoms with E-state index < -0.39 is 17.7 Å². The minimum atomic E-state index is -0.484. The summed E-state index contributed by atoms with van der Waals surface area (Å²) >= 11 is 0. The Bertz CT molecular complexity index is 978. The normalized spacial score (nSPS) is 20.9. The minimum absolute atomic E-state index is 0. The Labute approximate surface area is 199 Å². The van der Waals surface area contributed by atoms with Gasteiger partial charge < -0.3 is 9.80 Å². The van der Waals surface area contributed by atoms with Crippen molar-refractivity contribution in [2.24, 2.45) is 11.8 Å². The maximum Gasteiger partial charge on any atom is 0.227 e. The number of hydrogen-bond acceptors (Lipinski definition) is 4. The van der Waals surface area contributed by atoms with Gasteiger partial charge >= 0.3 is 0 Å². The summed E-state index contributed by atoms with van der Waals surface area (Å²) in [6.45, 7) is 5.16. The molecule has 0 radical (unpaired) electrons. The van der Waals surface area contributed by atoms with Crippen LogP contribution in [0.2, 0.25) is 0 Å². The number of rotatable bonds is 5. The summed E-state index contributed by atoms with van der Waals surface area (Å²) in [5.41, 5.74) is 1.56. The molecule has 2 aromatic rings. The van der Waals surface area contributed by atoms with E-state index in [1.807, 2.05) is 30.3 Å². The van der Waals surface area contributed by atoms with Gasteiger partial charge in [0, 0.05) is 64.2 Å². The number of carbonyl (C=O) groups is 3. The standard InChI is InChI=1S/C25H28FN3O3.ClH/c1-18(30)28-11-13-29(14-12-28)25(32)23-17-27(15-19-5-3-2-4-6-19)16-22(23)24(31)20-7-9-21(26)10-8-20;/h2-10,22-23H,11-17H2,1H3;1H/t22-,23-;/m1./s1. The van der Waals surface area contributed by atoms with Gasteiger partial charge in [0.05, 0.1) is 5.92 Å². The molecular weight excluding hydrogens is 445 g/mol. The minimum Gasteiger partial charge on any atom is -0.339 e. The summed E-state index contributed by atoms with van der Waals surface area (Å²) in [6, 6.07) is 15.5. The zero-order chi connectivity index (χ0) is 22.7. The fourth-order valence-corrected chi connectivity index (χ4v) is 4.68. The number of hydrogen-bond donors (Lipinski definition) is 0. The van der Waals surface area contributed by atoms with Gasteiger partial charge in [-0.1, -0.05) is 30.3 Å². The molecule has 2 aliphatic rings. The van der Waals surface area contributed by atoms with Crippen molar-refractivity contribution in [1.29, 1.82) is 0 Å². The van der Waals surface area contributed by atoms with E-state index in [4.69, 9.17) is 0 Å². The topological polar surface area (TPSA) is 60.9 Å². The van der Waals surface area contributed by atoms with Crippen molar-refractivity contribution >= 4 is 30.0 Å². The summed E-state index contributed by atoms with van der Waals surface area (Å²) in [6.07, 6.45) is 0. The van der Waals surface area contributed by atoms with Crippen molar-refractivity contribution in [1.82, 2.24) is 14.7 Å². The zero-order valence-corrected chi connectivity index (χ0v) is 19.5. The van der Waals surface area contributed by atoms with Gasteiger partial charge in [-0.2, -0.15) is 0 Å². The van der Waals surface area contributed by atoms with Crippen LogP contribution >= 0.6 is 12.4 Å². The average Bonchev–Trinajstić information content (AvgIpc) is 3.23. The van der Waals surface area contributed by atoms with Crippen LogP contribution in [0.5, 0.6) is 0 Å². The molecule has 0 spiro atoms. The van der Waals surface area contributed by atoms with Crippen molar-refractivity contribution < 1.29 is 18.8 Å². The maximum absolute atomic E-state index is 13.5. The number of halogens is 2. The van der Waals surface area contributed by atoms with Crippen LogP contribution in [0.3, 0.4) is 0 Å². The van der Waals surface area contributed by atoms with Crippen LogP contribution in [0.4, 0.5) is 4.39 Å². The Balaban J connectivity index is 0.00000306. The smallest absolute Gasteiger partial charge is 0.227 e. The number of likely N-dealkylation sites (tertiary alicyclic amines) is 1. The third-order valence-electron chi connectivity index (χ3n) is 6.46. The summed E-state index contributed by atoms with van der Waals surface area (Å²) in [4.78, 5) is 44.1. The van der Waals surface area contributed by atoms with E-state index in [1.165, 1.54) is 31.2 Å². The largest absolute Gasteiger partial charge is 0.339 e. The van der Waals surface area contributed by atoms with Crippen LogP contribution in [-0.4, -0.2) is 71.6 Å². The lowest BCUT2D eigenvalue weighted by molar-refractivity contribution is -0.141. The van der Waals surface area contributed by atoms with E-state index >= 15 is 0 Å². The highest BCUT2D eigenvalue weighted by Gasteiger charge is 2.43. The summed E-state index contributed by atoms with van der Waals surface area (Å²) < 4.78 is 13.4. The molecule has 8 heteroatoms. The van der Waals surface area contributed by atoms with Gasteiger partial charge in [-0.05, 0) is 29.8 Å². The Morgan fingerprint density at radius 2 is 1.42 bits per heavy atom. The molecule has 2 atom stereocenters. The molecule has 0 unspecified atom stereocenters. The highest BCUT2D eigenvalue weighted by Crippen LogP contribution is 2.30. The predicted molar refractivity (Wildman–Crippen MR) is 126 cm³/mol. The molecule has 0 aliphatic carbocycles. The number of ketones is 1. The van der Waals surface area contributed by atoms with Crippen LogP contribution in [0, 0.1) is 17.7 Å². The van der Waals surface area contributed by atoms with Crippen LogP contribution < -0.4 is 0 Å². The van der Waals surface area contributed by atoms with Crippen molar-refractivity contribution in [3.05, 3.63) is 71.5 Å². The average molecular weight is 474 g/mol. The molecule has 0 aromatic heterocycles.